The standard InChI is InChI=1S/C15H25N3O/c1-4-19-14-6-5-12(9-11(14)2)15(16)13-10-17-7-8-18(13)3/h5-6,9,13,15,17H,4,7-8,10,16H2,1-3H3. The molecule has 0 aliphatic carbocycles. The number of nitrogens with two attached hydrogens (primary N) is 1. The Kier molecular flexibility index (Phi) is 4.80. The molecule has 4 heteroatoms. The molecule has 1 fully saturated rings. The lowest BCUT2D eigenvalue weighted by molar-refractivity contribution is 0.174. The van der Waals surface area contributed by atoms with Crippen molar-refractivity contribution in [1.29, 1.82) is 0 Å². The Morgan fingerprint density at radius 1 is 1.53 bits per heavy atom. The lowest BCUT2D eigenvalue weighted by Gasteiger charge is -2.37. The summed E-state index contributed by atoms with van der Waals surface area (Å²) in [6.45, 7) is 7.81. The van der Waals surface area contributed by atoms with Gasteiger partial charge in [-0.3, -0.25) is 4.90 Å². The van der Waals surface area contributed by atoms with Gasteiger partial charge in [0.05, 0.1) is 6.61 Å². The number of hydrogen-bond acceptors (Lipinski definition) is 4. The van der Waals surface area contributed by atoms with E-state index in [0.29, 0.717) is 12.6 Å². The second kappa shape index (κ2) is 6.37. The topological polar surface area (TPSA) is 50.5 Å². The Morgan fingerprint density at radius 2 is 2.32 bits per heavy atom. The molecule has 0 amide bonds. The number of likely N-dealkylation sites (N-methyl/N-ethyl adjacent to an activating group) is 1. The molecule has 0 bridgehead atoms. The predicted molar refractivity (Wildman–Crippen MR) is 78.6 cm³/mol. The van der Waals surface area contributed by atoms with Crippen molar-refractivity contribution in [1.82, 2.24) is 10.2 Å². The third-order valence-corrected chi connectivity index (χ3v) is 3.86. The van der Waals surface area contributed by atoms with Crippen LogP contribution in [0.3, 0.4) is 0 Å². The van der Waals surface area contributed by atoms with Crippen molar-refractivity contribution in [3.63, 3.8) is 0 Å². The van der Waals surface area contributed by atoms with E-state index >= 15 is 0 Å². The van der Waals surface area contributed by atoms with E-state index in [1.54, 1.807) is 0 Å². The molecule has 4 nitrogen and oxygen atoms in total. The predicted octanol–water partition coefficient (Wildman–Crippen LogP) is 1.30. The lowest BCUT2D eigenvalue weighted by atomic mass is 9.96. The molecule has 1 aromatic rings. The van der Waals surface area contributed by atoms with E-state index < -0.39 is 0 Å². The highest BCUT2D eigenvalue weighted by Gasteiger charge is 2.26. The molecular weight excluding hydrogens is 238 g/mol. The molecule has 19 heavy (non-hydrogen) atoms. The number of hydrogen-bond donors (Lipinski definition) is 2. The van der Waals surface area contributed by atoms with Crippen LogP contribution in [-0.2, 0) is 0 Å². The molecule has 1 aliphatic heterocycles. The molecule has 1 saturated heterocycles. The number of ether oxygens (including phenoxy) is 1. The Labute approximate surface area is 115 Å². The number of piperazine rings is 1. The van der Waals surface area contributed by atoms with Crippen LogP contribution in [0, 0.1) is 6.92 Å². The fourth-order valence-electron chi connectivity index (χ4n) is 2.65. The highest BCUT2D eigenvalue weighted by molar-refractivity contribution is 5.38. The van der Waals surface area contributed by atoms with Crippen LogP contribution < -0.4 is 15.8 Å². The van der Waals surface area contributed by atoms with Gasteiger partial charge in [-0.1, -0.05) is 12.1 Å². The van der Waals surface area contributed by atoms with E-state index in [1.165, 1.54) is 5.56 Å². The van der Waals surface area contributed by atoms with Crippen molar-refractivity contribution < 1.29 is 4.74 Å². The smallest absolute Gasteiger partial charge is 0.122 e. The molecule has 0 spiro atoms. The summed E-state index contributed by atoms with van der Waals surface area (Å²) >= 11 is 0. The first-order chi connectivity index (χ1) is 9.13. The van der Waals surface area contributed by atoms with Crippen molar-refractivity contribution in [2.75, 3.05) is 33.3 Å². The van der Waals surface area contributed by atoms with E-state index in [2.05, 4.69) is 36.3 Å². The molecule has 106 valence electrons. The molecule has 2 unspecified atom stereocenters. The molecule has 3 N–H and O–H groups in total. The second-order valence-electron chi connectivity index (χ2n) is 5.24. The van der Waals surface area contributed by atoms with Crippen molar-refractivity contribution in [3.05, 3.63) is 29.3 Å². The van der Waals surface area contributed by atoms with Gasteiger partial charge < -0.3 is 15.8 Å². The SMILES string of the molecule is CCOc1ccc(C(N)C2CNCCN2C)cc1C. The fourth-order valence-corrected chi connectivity index (χ4v) is 2.65. The highest BCUT2D eigenvalue weighted by Crippen LogP contribution is 2.25. The summed E-state index contributed by atoms with van der Waals surface area (Å²) in [5.74, 6) is 0.952. The average Bonchev–Trinajstić information content (AvgIpc) is 2.41. The molecule has 1 heterocycles. The molecule has 1 aliphatic rings. The molecular formula is C15H25N3O. The van der Waals surface area contributed by atoms with Crippen molar-refractivity contribution >= 4 is 0 Å². The fraction of sp³-hybridized carbons (Fsp3) is 0.600. The third-order valence-electron chi connectivity index (χ3n) is 3.86. The van der Waals surface area contributed by atoms with E-state index in [9.17, 15) is 0 Å². The van der Waals surface area contributed by atoms with Gasteiger partial charge in [-0.25, -0.2) is 0 Å². The third kappa shape index (κ3) is 3.26. The van der Waals surface area contributed by atoms with Crippen molar-refractivity contribution in [2.24, 2.45) is 5.73 Å². The molecule has 2 rings (SSSR count). The van der Waals surface area contributed by atoms with Crippen LogP contribution in [0.5, 0.6) is 5.75 Å². The van der Waals surface area contributed by atoms with Crippen molar-refractivity contribution in [2.45, 2.75) is 25.9 Å². The van der Waals surface area contributed by atoms with Crippen LogP contribution >= 0.6 is 0 Å². The first kappa shape index (κ1) is 14.3. The Bertz CT molecular complexity index is 422. The summed E-state index contributed by atoms with van der Waals surface area (Å²) in [5, 5.41) is 3.42. The molecule has 1 aromatic carbocycles. The van der Waals surface area contributed by atoms with Gasteiger partial charge in [-0.05, 0) is 38.1 Å². The van der Waals surface area contributed by atoms with Crippen LogP contribution in [0.25, 0.3) is 0 Å². The maximum atomic E-state index is 6.43. The van der Waals surface area contributed by atoms with Gasteiger partial charge in [-0.15, -0.1) is 0 Å². The van der Waals surface area contributed by atoms with Crippen LogP contribution in [0.4, 0.5) is 0 Å². The zero-order valence-corrected chi connectivity index (χ0v) is 12.1. The van der Waals surface area contributed by atoms with Gasteiger partial charge in [-0.2, -0.15) is 0 Å². The first-order valence-electron chi connectivity index (χ1n) is 7.03. The van der Waals surface area contributed by atoms with Crippen LogP contribution in [0.1, 0.15) is 24.1 Å². The molecule has 0 radical (unpaired) electrons. The quantitative estimate of drug-likeness (QED) is 0.859. The monoisotopic (exact) mass is 263 g/mol. The minimum absolute atomic E-state index is 0.0344. The summed E-state index contributed by atoms with van der Waals surface area (Å²) in [5.41, 5.74) is 8.77. The summed E-state index contributed by atoms with van der Waals surface area (Å²) in [7, 11) is 2.15. The van der Waals surface area contributed by atoms with Gasteiger partial charge >= 0.3 is 0 Å². The first-order valence-corrected chi connectivity index (χ1v) is 7.03. The normalized spacial score (nSPS) is 22.2. The van der Waals surface area contributed by atoms with Crippen LogP contribution in [0.2, 0.25) is 0 Å². The summed E-state index contributed by atoms with van der Waals surface area (Å²) in [4.78, 5) is 2.34. The maximum absolute atomic E-state index is 6.43. The summed E-state index contributed by atoms with van der Waals surface area (Å²) < 4.78 is 5.57. The number of nitrogens with zero attached hydrogens (tertiary/aromatic N) is 1. The molecule has 2 atom stereocenters. The number of aryl methyl sites for hydroxylation is 1. The van der Waals surface area contributed by atoms with Gasteiger partial charge in [0.25, 0.3) is 0 Å². The average molecular weight is 263 g/mol. The largest absolute Gasteiger partial charge is 0.494 e. The van der Waals surface area contributed by atoms with Gasteiger partial charge in [0.15, 0.2) is 0 Å². The van der Waals surface area contributed by atoms with E-state index in [1.807, 2.05) is 13.0 Å². The Balaban J connectivity index is 2.14. The number of nitrogens with one attached hydrogen (secondary N) is 1. The minimum atomic E-state index is 0.0344. The molecule has 0 saturated carbocycles. The summed E-state index contributed by atoms with van der Waals surface area (Å²) in [6.07, 6.45) is 0. The zero-order chi connectivity index (χ0) is 13.8. The van der Waals surface area contributed by atoms with E-state index in [4.69, 9.17) is 10.5 Å². The van der Waals surface area contributed by atoms with E-state index in [0.717, 1.165) is 30.9 Å². The molecule has 0 aromatic heterocycles. The Hall–Kier alpha value is -1.10. The lowest BCUT2D eigenvalue weighted by Crippen LogP contribution is -2.53. The highest BCUT2D eigenvalue weighted by atomic mass is 16.5. The van der Waals surface area contributed by atoms with Crippen molar-refractivity contribution in [3.8, 4) is 5.75 Å². The minimum Gasteiger partial charge on any atom is -0.494 e. The number of benzene rings is 1. The zero-order valence-electron chi connectivity index (χ0n) is 12.1. The summed E-state index contributed by atoms with van der Waals surface area (Å²) in [6, 6.07) is 6.66. The maximum Gasteiger partial charge on any atom is 0.122 e. The van der Waals surface area contributed by atoms with Gasteiger partial charge in [0, 0.05) is 31.7 Å². The van der Waals surface area contributed by atoms with E-state index in [-0.39, 0.29) is 6.04 Å². The van der Waals surface area contributed by atoms with Crippen LogP contribution in [0.15, 0.2) is 18.2 Å². The van der Waals surface area contributed by atoms with Gasteiger partial charge in [0.1, 0.15) is 5.75 Å². The number of rotatable bonds is 4. The van der Waals surface area contributed by atoms with Crippen LogP contribution in [-0.4, -0.2) is 44.2 Å². The Morgan fingerprint density at radius 3 is 2.95 bits per heavy atom. The van der Waals surface area contributed by atoms with Gasteiger partial charge in [0.2, 0.25) is 0 Å². The second-order valence-corrected chi connectivity index (χ2v) is 5.24.